The molecule has 0 atom stereocenters. The number of hydrogen-bond donors (Lipinski definition) is 1. The van der Waals surface area contributed by atoms with Gasteiger partial charge in [0.05, 0.1) is 0 Å². The predicted molar refractivity (Wildman–Crippen MR) is 55.9 cm³/mol. The van der Waals surface area contributed by atoms with Crippen molar-refractivity contribution in [1.29, 1.82) is 0 Å². The van der Waals surface area contributed by atoms with Crippen molar-refractivity contribution in [3.63, 3.8) is 0 Å². The Morgan fingerprint density at radius 1 is 1.20 bits per heavy atom. The third kappa shape index (κ3) is 12.8. The fraction of sp³-hybridized carbons (Fsp3) is 0.455. The highest BCUT2D eigenvalue weighted by molar-refractivity contribution is 5.26. The number of rotatable bonds is 1. The van der Waals surface area contributed by atoms with Crippen molar-refractivity contribution in [2.24, 2.45) is 0 Å². The normalized spacial score (nSPS) is 8.47. The average Bonchev–Trinajstić information content (AvgIpc) is 2.20. The molecule has 1 nitrogen and oxygen atoms in total. The van der Waals surface area contributed by atoms with Gasteiger partial charge in [-0.25, -0.2) is 0 Å². The van der Waals surface area contributed by atoms with Crippen molar-refractivity contribution in [3.05, 3.63) is 29.8 Å². The molecule has 0 bridgehead atoms. The summed E-state index contributed by atoms with van der Waals surface area (Å²) in [6.07, 6.45) is 0.981. The van der Waals surface area contributed by atoms with E-state index in [-0.39, 0.29) is 0 Å². The first-order valence-electron chi connectivity index (χ1n) is 4.76. The van der Waals surface area contributed by atoms with Crippen LogP contribution in [0.25, 0.3) is 0 Å². The summed E-state index contributed by atoms with van der Waals surface area (Å²) >= 11 is 0. The van der Waals surface area contributed by atoms with Crippen LogP contribution in [0.4, 0.5) is 13.2 Å². The highest BCUT2D eigenvalue weighted by Crippen LogP contribution is 2.10. The number of phenolic OH excluding ortho intramolecular Hbond substituents is 1. The van der Waals surface area contributed by atoms with Gasteiger partial charge in [-0.3, -0.25) is 0 Å². The van der Waals surface area contributed by atoms with Gasteiger partial charge in [0, 0.05) is 0 Å². The predicted octanol–water partition coefficient (Wildman–Crippen LogP) is 4.16. The monoisotopic (exact) mass is 222 g/mol. The molecule has 0 saturated carbocycles. The highest BCUT2D eigenvalue weighted by atomic mass is 19.4. The molecule has 0 spiro atoms. The molecule has 88 valence electrons. The molecule has 1 N–H and O–H groups in total. The number of phenols is 1. The number of halogens is 3. The zero-order valence-corrected chi connectivity index (χ0v) is 9.17. The van der Waals surface area contributed by atoms with Gasteiger partial charge in [-0.1, -0.05) is 32.9 Å². The molecule has 0 aliphatic rings. The van der Waals surface area contributed by atoms with E-state index in [2.05, 4.69) is 6.92 Å². The Morgan fingerprint density at radius 2 is 1.67 bits per heavy atom. The molecular weight excluding hydrogens is 205 g/mol. The quantitative estimate of drug-likeness (QED) is 0.756. The topological polar surface area (TPSA) is 20.2 Å². The SMILES string of the molecule is CC.CCc1cccc(O)c1.FC(F)F. The van der Waals surface area contributed by atoms with Crippen LogP contribution in [-0.4, -0.2) is 11.8 Å². The molecule has 0 saturated heterocycles. The summed E-state index contributed by atoms with van der Waals surface area (Å²) in [6.45, 7) is 2.40. The van der Waals surface area contributed by atoms with Crippen LogP contribution >= 0.6 is 0 Å². The third-order valence-corrected chi connectivity index (χ3v) is 1.32. The summed E-state index contributed by atoms with van der Waals surface area (Å²) in [7, 11) is 0. The fourth-order valence-corrected chi connectivity index (χ4v) is 0.776. The maximum absolute atomic E-state index is 9.67. The second-order valence-electron chi connectivity index (χ2n) is 2.27. The van der Waals surface area contributed by atoms with E-state index in [1.165, 1.54) is 5.56 Å². The Morgan fingerprint density at radius 3 is 1.93 bits per heavy atom. The van der Waals surface area contributed by atoms with Gasteiger partial charge in [-0.15, -0.1) is 0 Å². The molecule has 0 amide bonds. The lowest BCUT2D eigenvalue weighted by Gasteiger charge is -1.94. The lowest BCUT2D eigenvalue weighted by Crippen LogP contribution is -1.75. The minimum absolute atomic E-state index is 0.356. The van der Waals surface area contributed by atoms with Crippen LogP contribution in [0.5, 0.6) is 5.75 Å². The second-order valence-corrected chi connectivity index (χ2v) is 2.27. The largest absolute Gasteiger partial charge is 0.508 e. The second kappa shape index (κ2) is 10.9. The van der Waals surface area contributed by atoms with Crippen LogP contribution in [0.2, 0.25) is 0 Å². The zero-order chi connectivity index (χ0) is 12.3. The first kappa shape index (κ1) is 16.2. The van der Waals surface area contributed by atoms with Gasteiger partial charge in [-0.2, -0.15) is 13.2 Å². The molecule has 15 heavy (non-hydrogen) atoms. The summed E-state index contributed by atoms with van der Waals surface area (Å²) in [4.78, 5) is 0. The van der Waals surface area contributed by atoms with Gasteiger partial charge < -0.3 is 5.11 Å². The van der Waals surface area contributed by atoms with Crippen molar-refractivity contribution < 1.29 is 18.3 Å². The first-order valence-corrected chi connectivity index (χ1v) is 4.76. The Hall–Kier alpha value is -1.19. The maximum Gasteiger partial charge on any atom is 0.379 e. The van der Waals surface area contributed by atoms with Crippen LogP contribution in [0.15, 0.2) is 24.3 Å². The molecule has 0 fully saturated rings. The Labute approximate surface area is 88.6 Å². The third-order valence-electron chi connectivity index (χ3n) is 1.32. The van der Waals surface area contributed by atoms with Crippen LogP contribution < -0.4 is 0 Å². The summed E-state index contributed by atoms with van der Waals surface area (Å²) in [5.41, 5.74) is 1.18. The van der Waals surface area contributed by atoms with Gasteiger partial charge in [0.25, 0.3) is 0 Å². The van der Waals surface area contributed by atoms with Crippen LogP contribution in [0.3, 0.4) is 0 Å². The summed E-state index contributed by atoms with van der Waals surface area (Å²) in [5, 5.41) is 8.94. The lowest BCUT2D eigenvalue weighted by atomic mass is 10.2. The Balaban J connectivity index is 0. The highest BCUT2D eigenvalue weighted by Gasteiger charge is 1.88. The van der Waals surface area contributed by atoms with Crippen molar-refractivity contribution in [2.45, 2.75) is 33.9 Å². The van der Waals surface area contributed by atoms with Crippen molar-refractivity contribution in [2.75, 3.05) is 0 Å². The van der Waals surface area contributed by atoms with Crippen molar-refractivity contribution in [3.8, 4) is 5.75 Å². The van der Waals surface area contributed by atoms with Gasteiger partial charge in [0.2, 0.25) is 0 Å². The molecule has 0 aliphatic heterocycles. The van der Waals surface area contributed by atoms with E-state index in [0.29, 0.717) is 5.75 Å². The van der Waals surface area contributed by atoms with E-state index in [4.69, 9.17) is 5.11 Å². The average molecular weight is 222 g/mol. The zero-order valence-electron chi connectivity index (χ0n) is 9.17. The van der Waals surface area contributed by atoms with E-state index in [0.717, 1.165) is 6.42 Å². The van der Waals surface area contributed by atoms with E-state index in [1.54, 1.807) is 12.1 Å². The van der Waals surface area contributed by atoms with E-state index < -0.39 is 6.68 Å². The maximum atomic E-state index is 9.67. The molecule has 0 aliphatic carbocycles. The molecule has 1 aromatic rings. The molecule has 1 rings (SSSR count). The Kier molecular flexibility index (Phi) is 11.8. The minimum Gasteiger partial charge on any atom is -0.508 e. The molecule has 0 unspecified atom stereocenters. The van der Waals surface area contributed by atoms with Crippen molar-refractivity contribution in [1.82, 2.24) is 0 Å². The van der Waals surface area contributed by atoms with Crippen LogP contribution in [0, 0.1) is 0 Å². The number of aryl methyl sites for hydroxylation is 1. The number of alkyl halides is 3. The molecule has 4 heteroatoms. The number of hydrogen-bond acceptors (Lipinski definition) is 1. The number of aromatic hydroxyl groups is 1. The van der Waals surface area contributed by atoms with Crippen LogP contribution in [0.1, 0.15) is 26.3 Å². The summed E-state index contributed by atoms with van der Waals surface area (Å²) < 4.78 is 29.0. The van der Waals surface area contributed by atoms with Gasteiger partial charge in [-0.05, 0) is 24.1 Å². The van der Waals surface area contributed by atoms with E-state index >= 15 is 0 Å². The van der Waals surface area contributed by atoms with E-state index in [1.807, 2.05) is 26.0 Å². The molecule has 1 aromatic carbocycles. The smallest absolute Gasteiger partial charge is 0.379 e. The molecular formula is C11H17F3O. The van der Waals surface area contributed by atoms with Gasteiger partial charge in [0.15, 0.2) is 0 Å². The van der Waals surface area contributed by atoms with Crippen LogP contribution in [-0.2, 0) is 6.42 Å². The summed E-state index contributed by atoms with van der Waals surface area (Å²) in [5.74, 6) is 0.356. The number of benzene rings is 1. The minimum atomic E-state index is -3.67. The first-order chi connectivity index (χ1) is 7.06. The lowest BCUT2D eigenvalue weighted by molar-refractivity contribution is 0.00819. The molecule has 0 aromatic heterocycles. The summed E-state index contributed by atoms with van der Waals surface area (Å²) in [6, 6.07) is 7.31. The molecule has 0 heterocycles. The Bertz CT molecular complexity index is 236. The molecule has 0 radical (unpaired) electrons. The van der Waals surface area contributed by atoms with Gasteiger partial charge in [0.1, 0.15) is 5.75 Å². The van der Waals surface area contributed by atoms with Crippen molar-refractivity contribution >= 4 is 0 Å². The standard InChI is InChI=1S/C8H10O.C2H6.CHF3/c1-2-7-4-3-5-8(9)6-7;1-2;2-1(3)4/h3-6,9H,2H2,1H3;1-2H3;1H. The van der Waals surface area contributed by atoms with Gasteiger partial charge >= 0.3 is 6.68 Å². The fourth-order valence-electron chi connectivity index (χ4n) is 0.776. The van der Waals surface area contributed by atoms with E-state index in [9.17, 15) is 13.2 Å².